The fourth-order valence-corrected chi connectivity index (χ4v) is 2.75. The number of hydrogen-bond acceptors (Lipinski definition) is 6. The molecular weight excluding hydrogens is 356 g/mol. The Morgan fingerprint density at radius 2 is 1.93 bits per heavy atom. The number of hydrogen-bond donors (Lipinski definition) is 1. The number of benzene rings is 1. The summed E-state index contributed by atoms with van der Waals surface area (Å²) in [6.45, 7) is 0.577. The Morgan fingerprint density at radius 3 is 2.82 bits per heavy atom. The highest BCUT2D eigenvalue weighted by Crippen LogP contribution is 2.23. The van der Waals surface area contributed by atoms with E-state index in [0.717, 1.165) is 16.6 Å². The van der Waals surface area contributed by atoms with E-state index in [9.17, 15) is 4.79 Å². The van der Waals surface area contributed by atoms with Gasteiger partial charge in [-0.15, -0.1) is 0 Å². The number of pyridine rings is 2. The van der Waals surface area contributed by atoms with Crippen molar-refractivity contribution in [1.29, 1.82) is 0 Å². The molecule has 7 nitrogen and oxygen atoms in total. The van der Waals surface area contributed by atoms with Crippen LogP contribution in [0.5, 0.6) is 5.75 Å². The maximum Gasteiger partial charge on any atom is 0.273 e. The predicted octanol–water partition coefficient (Wildman–Crippen LogP) is 3.17. The molecule has 0 radical (unpaired) electrons. The molecule has 1 N–H and O–H groups in total. The molecule has 0 unspecified atom stereocenters. The fraction of sp³-hybridized carbons (Fsp3) is 0.143. The summed E-state index contributed by atoms with van der Waals surface area (Å²) in [4.78, 5) is 24.9. The zero-order chi connectivity index (χ0) is 19.2. The smallest absolute Gasteiger partial charge is 0.273 e. The van der Waals surface area contributed by atoms with Crippen molar-refractivity contribution in [2.75, 3.05) is 6.54 Å². The van der Waals surface area contributed by atoms with Gasteiger partial charge in [0.15, 0.2) is 12.3 Å². The molecule has 0 saturated heterocycles. The monoisotopic (exact) mass is 374 g/mol. The van der Waals surface area contributed by atoms with Crippen molar-refractivity contribution in [3.63, 3.8) is 0 Å². The predicted molar refractivity (Wildman–Crippen MR) is 103 cm³/mol. The summed E-state index contributed by atoms with van der Waals surface area (Å²) in [5.41, 5.74) is 1.90. The summed E-state index contributed by atoms with van der Waals surface area (Å²) in [7, 11) is 0. The molecule has 0 aliphatic rings. The first-order valence-corrected chi connectivity index (χ1v) is 8.88. The van der Waals surface area contributed by atoms with Gasteiger partial charge in [-0.3, -0.25) is 14.8 Å². The van der Waals surface area contributed by atoms with Crippen LogP contribution < -0.4 is 10.1 Å². The van der Waals surface area contributed by atoms with Crippen molar-refractivity contribution in [3.05, 3.63) is 84.5 Å². The van der Waals surface area contributed by atoms with Crippen molar-refractivity contribution in [2.45, 2.75) is 13.0 Å². The SMILES string of the molecule is O=C(NCCc1ccccn1)c1coc(COc2cccc3cccnc23)n1. The van der Waals surface area contributed by atoms with Crippen LogP contribution in [0.1, 0.15) is 22.1 Å². The highest BCUT2D eigenvalue weighted by Gasteiger charge is 2.13. The number of oxazole rings is 1. The number of nitrogens with zero attached hydrogens (tertiary/aromatic N) is 3. The topological polar surface area (TPSA) is 90.1 Å². The summed E-state index contributed by atoms with van der Waals surface area (Å²) in [5, 5.41) is 3.79. The summed E-state index contributed by atoms with van der Waals surface area (Å²) < 4.78 is 11.1. The van der Waals surface area contributed by atoms with Gasteiger partial charge in [-0.25, -0.2) is 4.98 Å². The standard InChI is InChI=1S/C21H18N4O3/c26-21(24-12-9-16-7-1-2-10-22-16)17-13-28-19(25-17)14-27-18-8-3-5-15-6-4-11-23-20(15)18/h1-8,10-11,13H,9,12,14H2,(H,24,26). The molecule has 0 atom stereocenters. The normalized spacial score (nSPS) is 10.7. The molecule has 0 aliphatic heterocycles. The Bertz CT molecular complexity index is 1070. The fourth-order valence-electron chi connectivity index (χ4n) is 2.75. The highest BCUT2D eigenvalue weighted by molar-refractivity contribution is 5.91. The number of fused-ring (bicyclic) bond motifs is 1. The average molecular weight is 374 g/mol. The minimum absolute atomic E-state index is 0.108. The lowest BCUT2D eigenvalue weighted by atomic mass is 10.2. The average Bonchev–Trinajstić information content (AvgIpc) is 3.22. The van der Waals surface area contributed by atoms with Crippen LogP contribution in [0, 0.1) is 0 Å². The van der Waals surface area contributed by atoms with Crippen molar-refractivity contribution in [2.24, 2.45) is 0 Å². The van der Waals surface area contributed by atoms with E-state index in [1.54, 1.807) is 12.4 Å². The zero-order valence-corrected chi connectivity index (χ0v) is 15.0. The summed E-state index contributed by atoms with van der Waals surface area (Å²) >= 11 is 0. The molecule has 0 fully saturated rings. The van der Waals surface area contributed by atoms with Crippen molar-refractivity contribution in [3.8, 4) is 5.75 Å². The molecule has 0 spiro atoms. The molecule has 28 heavy (non-hydrogen) atoms. The van der Waals surface area contributed by atoms with Crippen LogP contribution in [0.2, 0.25) is 0 Å². The Morgan fingerprint density at radius 1 is 1.04 bits per heavy atom. The Labute approximate surface area is 161 Å². The lowest BCUT2D eigenvalue weighted by molar-refractivity contribution is 0.0949. The Kier molecular flexibility index (Phi) is 5.24. The third-order valence-corrected chi connectivity index (χ3v) is 4.12. The first kappa shape index (κ1) is 17.7. The van der Waals surface area contributed by atoms with Crippen LogP contribution in [0.4, 0.5) is 0 Å². The van der Waals surface area contributed by atoms with E-state index >= 15 is 0 Å². The molecule has 3 heterocycles. The van der Waals surface area contributed by atoms with Gasteiger partial charge in [0.2, 0.25) is 5.89 Å². The Hall–Kier alpha value is -3.74. The highest BCUT2D eigenvalue weighted by atomic mass is 16.5. The van der Waals surface area contributed by atoms with Crippen molar-refractivity contribution in [1.82, 2.24) is 20.3 Å². The van der Waals surface area contributed by atoms with E-state index in [2.05, 4.69) is 20.3 Å². The second kappa shape index (κ2) is 8.30. The quantitative estimate of drug-likeness (QED) is 0.534. The van der Waals surface area contributed by atoms with E-state index in [-0.39, 0.29) is 18.2 Å². The molecule has 3 aromatic heterocycles. The van der Waals surface area contributed by atoms with Gasteiger partial charge in [0.25, 0.3) is 5.91 Å². The molecule has 140 valence electrons. The second-order valence-corrected chi connectivity index (χ2v) is 6.07. The lowest BCUT2D eigenvalue weighted by Crippen LogP contribution is -2.26. The zero-order valence-electron chi connectivity index (χ0n) is 15.0. The summed E-state index contributed by atoms with van der Waals surface area (Å²) in [5.74, 6) is 0.665. The van der Waals surface area contributed by atoms with Crippen molar-refractivity contribution < 1.29 is 13.9 Å². The minimum Gasteiger partial charge on any atom is -0.482 e. The van der Waals surface area contributed by atoms with Crippen molar-refractivity contribution >= 4 is 16.8 Å². The third-order valence-electron chi connectivity index (χ3n) is 4.12. The molecule has 0 saturated carbocycles. The second-order valence-electron chi connectivity index (χ2n) is 6.07. The van der Waals surface area contributed by atoms with Crippen LogP contribution >= 0.6 is 0 Å². The molecule has 1 amide bonds. The number of rotatable bonds is 7. The van der Waals surface area contributed by atoms with E-state index < -0.39 is 0 Å². The number of para-hydroxylation sites is 1. The van der Waals surface area contributed by atoms with Crippen LogP contribution in [-0.2, 0) is 13.0 Å². The molecule has 4 aromatic rings. The number of amides is 1. The summed E-state index contributed by atoms with van der Waals surface area (Å²) in [6, 6.07) is 15.2. The van der Waals surface area contributed by atoms with Gasteiger partial charge in [-0.1, -0.05) is 24.3 Å². The number of ether oxygens (including phenoxy) is 1. The largest absolute Gasteiger partial charge is 0.482 e. The van der Waals surface area contributed by atoms with Crippen LogP contribution in [0.3, 0.4) is 0 Å². The summed E-state index contributed by atoms with van der Waals surface area (Å²) in [6.07, 6.45) is 5.42. The van der Waals surface area contributed by atoms with E-state index in [1.807, 2.05) is 48.5 Å². The maximum atomic E-state index is 12.2. The first-order chi connectivity index (χ1) is 13.8. The Balaban J connectivity index is 1.33. The van der Waals surface area contributed by atoms with E-state index in [4.69, 9.17) is 9.15 Å². The van der Waals surface area contributed by atoms with Gasteiger partial charge in [0, 0.05) is 36.4 Å². The van der Waals surface area contributed by atoms with E-state index in [1.165, 1.54) is 6.26 Å². The van der Waals surface area contributed by atoms with Gasteiger partial charge in [-0.2, -0.15) is 0 Å². The van der Waals surface area contributed by atoms with Crippen LogP contribution in [-0.4, -0.2) is 27.4 Å². The maximum absolute atomic E-state index is 12.2. The number of nitrogens with one attached hydrogen (secondary N) is 1. The lowest BCUT2D eigenvalue weighted by Gasteiger charge is -2.06. The molecule has 7 heteroatoms. The van der Waals surface area contributed by atoms with Gasteiger partial charge in [0.1, 0.15) is 17.5 Å². The van der Waals surface area contributed by atoms with E-state index in [0.29, 0.717) is 24.6 Å². The number of carbonyl (C=O) groups excluding carboxylic acids is 1. The molecule has 0 aliphatic carbocycles. The van der Waals surface area contributed by atoms with Gasteiger partial charge in [0.05, 0.1) is 0 Å². The minimum atomic E-state index is -0.294. The van der Waals surface area contributed by atoms with Gasteiger partial charge in [-0.05, 0) is 24.3 Å². The molecule has 4 rings (SSSR count). The first-order valence-electron chi connectivity index (χ1n) is 8.88. The van der Waals surface area contributed by atoms with Crippen LogP contribution in [0.15, 0.2) is 71.6 Å². The molecular formula is C21H18N4O3. The molecule has 1 aromatic carbocycles. The van der Waals surface area contributed by atoms with Crippen LogP contribution in [0.25, 0.3) is 10.9 Å². The van der Waals surface area contributed by atoms with Gasteiger partial charge >= 0.3 is 0 Å². The third kappa shape index (κ3) is 4.15. The van der Waals surface area contributed by atoms with Gasteiger partial charge < -0.3 is 14.5 Å². The number of carbonyl (C=O) groups is 1. The molecule has 0 bridgehead atoms. The number of aromatic nitrogens is 3.